The normalized spacial score (nSPS) is 15.8. The van der Waals surface area contributed by atoms with Crippen LogP contribution in [0.15, 0.2) is 69.9 Å². The number of likely N-dealkylation sites (tertiary alicyclic amines) is 1. The van der Waals surface area contributed by atoms with Gasteiger partial charge in [-0.05, 0) is 30.5 Å². The van der Waals surface area contributed by atoms with E-state index in [4.69, 9.17) is 9.15 Å². The Kier molecular flexibility index (Phi) is 5.96. The molecule has 0 unspecified atom stereocenters. The Morgan fingerprint density at radius 3 is 2.69 bits per heavy atom. The van der Waals surface area contributed by atoms with Crippen LogP contribution in [0.4, 0.5) is 5.69 Å². The molecule has 150 valence electrons. The maximum absolute atomic E-state index is 12.0. The number of fused-ring (bicyclic) bond motifs is 1. The lowest BCUT2D eigenvalue weighted by Gasteiger charge is -2.32. The van der Waals surface area contributed by atoms with Crippen molar-refractivity contribution in [3.63, 3.8) is 0 Å². The highest BCUT2D eigenvalue weighted by Crippen LogP contribution is 2.27. The van der Waals surface area contributed by atoms with Gasteiger partial charge in [0.15, 0.2) is 0 Å². The monoisotopic (exact) mass is 390 g/mol. The van der Waals surface area contributed by atoms with Crippen LogP contribution in [0.5, 0.6) is 5.75 Å². The van der Waals surface area contributed by atoms with Crippen LogP contribution in [0.3, 0.4) is 0 Å². The van der Waals surface area contributed by atoms with E-state index in [0.29, 0.717) is 17.4 Å². The minimum absolute atomic E-state index is 0.344. The standard InChI is InChI=1S/C24H26N2O3/c1-28-20-9-10-21-22(17-24(27)29-23(21)16-20)25-19-11-14-26(15-12-19)13-5-8-18-6-3-2-4-7-18/h2-10,16-17,19,25H,11-15H2,1H3. The summed E-state index contributed by atoms with van der Waals surface area (Å²) in [4.78, 5) is 14.4. The van der Waals surface area contributed by atoms with Gasteiger partial charge in [-0.1, -0.05) is 42.5 Å². The summed E-state index contributed by atoms with van der Waals surface area (Å²) in [6.07, 6.45) is 6.48. The molecule has 0 aliphatic carbocycles. The molecule has 1 aliphatic heterocycles. The Bertz CT molecular complexity index is 1030. The molecule has 0 atom stereocenters. The summed E-state index contributed by atoms with van der Waals surface area (Å²) in [5.74, 6) is 0.676. The first-order valence-electron chi connectivity index (χ1n) is 10.0. The SMILES string of the molecule is COc1ccc2c(NC3CCN(CC=Cc4ccccc4)CC3)cc(=O)oc2c1. The van der Waals surface area contributed by atoms with Gasteiger partial charge in [-0.25, -0.2) is 4.79 Å². The number of rotatable bonds is 6. The Balaban J connectivity index is 1.36. The third-order valence-corrected chi connectivity index (χ3v) is 5.37. The van der Waals surface area contributed by atoms with E-state index in [-0.39, 0.29) is 5.63 Å². The van der Waals surface area contributed by atoms with Crippen LogP contribution in [0.1, 0.15) is 18.4 Å². The largest absolute Gasteiger partial charge is 0.497 e. The van der Waals surface area contributed by atoms with Crippen molar-refractivity contribution in [3.05, 3.63) is 76.7 Å². The molecule has 1 fully saturated rings. The molecule has 0 amide bonds. The second-order valence-corrected chi connectivity index (χ2v) is 7.37. The van der Waals surface area contributed by atoms with Gasteiger partial charge in [0.25, 0.3) is 0 Å². The van der Waals surface area contributed by atoms with Gasteiger partial charge < -0.3 is 14.5 Å². The van der Waals surface area contributed by atoms with E-state index in [2.05, 4.69) is 46.6 Å². The second kappa shape index (κ2) is 8.97. The third kappa shape index (κ3) is 4.87. The van der Waals surface area contributed by atoms with Crippen molar-refractivity contribution in [3.8, 4) is 5.75 Å². The Labute approximate surface area is 170 Å². The van der Waals surface area contributed by atoms with Gasteiger partial charge in [0.05, 0.1) is 12.8 Å². The summed E-state index contributed by atoms with van der Waals surface area (Å²) in [6.45, 7) is 3.02. The van der Waals surface area contributed by atoms with Gasteiger partial charge in [0.2, 0.25) is 0 Å². The highest BCUT2D eigenvalue weighted by Gasteiger charge is 2.19. The molecule has 1 aliphatic rings. The lowest BCUT2D eigenvalue weighted by molar-refractivity contribution is 0.240. The van der Waals surface area contributed by atoms with Crippen molar-refractivity contribution in [2.24, 2.45) is 0 Å². The molecule has 2 heterocycles. The van der Waals surface area contributed by atoms with Crippen LogP contribution in [-0.4, -0.2) is 37.7 Å². The molecule has 4 rings (SSSR count). The zero-order valence-electron chi connectivity index (χ0n) is 16.6. The summed E-state index contributed by atoms with van der Waals surface area (Å²) in [6, 6.07) is 17.8. The van der Waals surface area contributed by atoms with E-state index >= 15 is 0 Å². The molecule has 5 heteroatoms. The van der Waals surface area contributed by atoms with Crippen LogP contribution < -0.4 is 15.7 Å². The fourth-order valence-electron chi connectivity index (χ4n) is 3.77. The minimum Gasteiger partial charge on any atom is -0.497 e. The van der Waals surface area contributed by atoms with E-state index < -0.39 is 0 Å². The predicted molar refractivity (Wildman–Crippen MR) is 118 cm³/mol. The van der Waals surface area contributed by atoms with Crippen molar-refractivity contribution < 1.29 is 9.15 Å². The van der Waals surface area contributed by atoms with Crippen molar-refractivity contribution in [1.29, 1.82) is 0 Å². The van der Waals surface area contributed by atoms with Crippen LogP contribution in [0.25, 0.3) is 17.0 Å². The predicted octanol–water partition coefficient (Wildman–Crippen LogP) is 4.39. The highest BCUT2D eigenvalue weighted by atomic mass is 16.5. The first-order chi connectivity index (χ1) is 14.2. The van der Waals surface area contributed by atoms with Crippen LogP contribution in [0.2, 0.25) is 0 Å². The number of nitrogens with one attached hydrogen (secondary N) is 1. The molecule has 3 aromatic rings. The molecule has 0 saturated carbocycles. The Morgan fingerprint density at radius 1 is 1.14 bits per heavy atom. The molecule has 1 aromatic heterocycles. The topological polar surface area (TPSA) is 54.7 Å². The summed E-state index contributed by atoms with van der Waals surface area (Å²) >= 11 is 0. The minimum atomic E-state index is -0.350. The van der Waals surface area contributed by atoms with Crippen molar-refractivity contribution in [2.75, 3.05) is 32.1 Å². The van der Waals surface area contributed by atoms with Gasteiger partial charge >= 0.3 is 5.63 Å². The quantitative estimate of drug-likeness (QED) is 0.633. The fourth-order valence-corrected chi connectivity index (χ4v) is 3.77. The molecule has 0 spiro atoms. The first kappa shape index (κ1) is 19.3. The van der Waals surface area contributed by atoms with Crippen molar-refractivity contribution in [1.82, 2.24) is 4.90 Å². The van der Waals surface area contributed by atoms with E-state index in [1.165, 1.54) is 5.56 Å². The molecule has 0 bridgehead atoms. The van der Waals surface area contributed by atoms with Crippen LogP contribution in [0, 0.1) is 0 Å². The van der Waals surface area contributed by atoms with E-state index in [9.17, 15) is 4.79 Å². The summed E-state index contributed by atoms with van der Waals surface area (Å²) < 4.78 is 10.6. The lowest BCUT2D eigenvalue weighted by Crippen LogP contribution is -2.39. The number of hydrogen-bond donors (Lipinski definition) is 1. The molecule has 0 radical (unpaired) electrons. The molecule has 5 nitrogen and oxygen atoms in total. The molecule has 2 aromatic carbocycles. The number of anilines is 1. The number of nitrogens with zero attached hydrogens (tertiary/aromatic N) is 1. The molecular formula is C24H26N2O3. The molecular weight excluding hydrogens is 364 g/mol. The average Bonchev–Trinajstić information content (AvgIpc) is 2.75. The Morgan fingerprint density at radius 2 is 1.93 bits per heavy atom. The van der Waals surface area contributed by atoms with Crippen LogP contribution >= 0.6 is 0 Å². The maximum Gasteiger partial charge on any atom is 0.338 e. The number of piperidine rings is 1. The van der Waals surface area contributed by atoms with Gasteiger partial charge in [0, 0.05) is 43.2 Å². The third-order valence-electron chi connectivity index (χ3n) is 5.37. The average molecular weight is 390 g/mol. The summed E-state index contributed by atoms with van der Waals surface area (Å²) in [5, 5.41) is 4.46. The first-order valence-corrected chi connectivity index (χ1v) is 10.0. The van der Waals surface area contributed by atoms with Gasteiger partial charge in [-0.15, -0.1) is 0 Å². The number of methoxy groups -OCH3 is 1. The number of ether oxygens (including phenoxy) is 1. The van der Waals surface area contributed by atoms with Gasteiger partial charge in [-0.3, -0.25) is 4.90 Å². The van der Waals surface area contributed by atoms with Crippen molar-refractivity contribution >= 4 is 22.7 Å². The van der Waals surface area contributed by atoms with Gasteiger partial charge in [0.1, 0.15) is 11.3 Å². The second-order valence-electron chi connectivity index (χ2n) is 7.37. The number of benzene rings is 2. The van der Waals surface area contributed by atoms with Crippen molar-refractivity contribution in [2.45, 2.75) is 18.9 Å². The summed E-state index contributed by atoms with van der Waals surface area (Å²) in [5.41, 5.74) is 2.26. The fraction of sp³-hybridized carbons (Fsp3) is 0.292. The van der Waals surface area contributed by atoms with Gasteiger partial charge in [-0.2, -0.15) is 0 Å². The zero-order valence-corrected chi connectivity index (χ0v) is 16.6. The number of hydrogen-bond acceptors (Lipinski definition) is 5. The van der Waals surface area contributed by atoms with E-state index in [1.54, 1.807) is 19.2 Å². The summed E-state index contributed by atoms with van der Waals surface area (Å²) in [7, 11) is 1.60. The van der Waals surface area contributed by atoms with E-state index in [0.717, 1.165) is 43.5 Å². The smallest absolute Gasteiger partial charge is 0.338 e. The van der Waals surface area contributed by atoms with Crippen LogP contribution in [-0.2, 0) is 0 Å². The molecule has 1 N–H and O–H groups in total. The molecule has 1 saturated heterocycles. The lowest BCUT2D eigenvalue weighted by atomic mass is 10.0. The Hall–Kier alpha value is -3.05. The van der Waals surface area contributed by atoms with E-state index in [1.807, 2.05) is 18.2 Å². The highest BCUT2D eigenvalue weighted by molar-refractivity contribution is 5.90. The maximum atomic E-state index is 12.0. The molecule has 29 heavy (non-hydrogen) atoms. The zero-order chi connectivity index (χ0) is 20.1.